The first-order valence-corrected chi connectivity index (χ1v) is 7.93. The number of aromatic nitrogens is 1. The smallest absolute Gasteiger partial charge is 0.269 e. The maximum atomic E-state index is 12.4. The van der Waals surface area contributed by atoms with E-state index in [1.165, 1.54) is 30.1 Å². The summed E-state index contributed by atoms with van der Waals surface area (Å²) >= 11 is 1.18. The van der Waals surface area contributed by atoms with E-state index in [1.54, 1.807) is 29.2 Å². The monoisotopic (exact) mass is 331 g/mol. The molecule has 0 saturated heterocycles. The molecule has 1 amide bonds. The quantitative estimate of drug-likeness (QED) is 0.281. The minimum Gasteiger partial charge on any atom is -0.618 e. The number of thioether (sulfide) groups is 1. The summed E-state index contributed by atoms with van der Waals surface area (Å²) in [5.41, 5.74) is 1.55. The van der Waals surface area contributed by atoms with Gasteiger partial charge >= 0.3 is 0 Å². The molecule has 1 aromatic heterocycles. The number of nitrogens with zero attached hydrogens (tertiary/aromatic N) is 3. The number of nitro benzene ring substituents is 1. The first-order valence-electron chi connectivity index (χ1n) is 6.95. The highest BCUT2D eigenvalue weighted by atomic mass is 32.2. The molecule has 0 bridgehead atoms. The number of nitro groups is 1. The van der Waals surface area contributed by atoms with Crippen molar-refractivity contribution in [1.82, 2.24) is 0 Å². The second-order valence-corrected chi connectivity index (χ2v) is 6.01. The van der Waals surface area contributed by atoms with Crippen molar-refractivity contribution in [1.29, 1.82) is 0 Å². The average Bonchev–Trinajstić information content (AvgIpc) is 2.97. The van der Waals surface area contributed by atoms with Gasteiger partial charge in [0.1, 0.15) is 0 Å². The Bertz CT molecular complexity index is 781. The number of anilines is 1. The molecular formula is C15H13N3O4S. The van der Waals surface area contributed by atoms with Gasteiger partial charge in [0.15, 0.2) is 6.20 Å². The number of hydrogen-bond acceptors (Lipinski definition) is 5. The molecule has 2 aromatic rings. The van der Waals surface area contributed by atoms with Gasteiger partial charge in [0.25, 0.3) is 10.7 Å². The number of carbonyl (C=O) groups is 1. The summed E-state index contributed by atoms with van der Waals surface area (Å²) in [5.74, 6) is 0.0225. The zero-order valence-electron chi connectivity index (χ0n) is 12.0. The maximum Gasteiger partial charge on any atom is 0.269 e. The first kappa shape index (κ1) is 15.3. The molecule has 0 spiro atoms. The van der Waals surface area contributed by atoms with Gasteiger partial charge in [0, 0.05) is 36.5 Å². The summed E-state index contributed by atoms with van der Waals surface area (Å²) in [5, 5.41) is 22.8. The number of amides is 1. The van der Waals surface area contributed by atoms with Crippen molar-refractivity contribution in [2.75, 3.05) is 17.2 Å². The van der Waals surface area contributed by atoms with Crippen molar-refractivity contribution in [2.45, 2.75) is 11.4 Å². The molecule has 1 aromatic carbocycles. The predicted octanol–water partition coefficient (Wildman–Crippen LogP) is 1.91. The molecular weight excluding hydrogens is 318 g/mol. The highest BCUT2D eigenvalue weighted by Crippen LogP contribution is 2.31. The van der Waals surface area contributed by atoms with Crippen LogP contribution >= 0.6 is 11.8 Å². The molecule has 8 heteroatoms. The van der Waals surface area contributed by atoms with Gasteiger partial charge in [-0.1, -0.05) is 0 Å². The Kier molecular flexibility index (Phi) is 4.16. The van der Waals surface area contributed by atoms with Crippen LogP contribution in [0.2, 0.25) is 0 Å². The largest absolute Gasteiger partial charge is 0.618 e. The van der Waals surface area contributed by atoms with Crippen LogP contribution < -0.4 is 9.63 Å². The Balaban J connectivity index is 1.71. The van der Waals surface area contributed by atoms with Crippen molar-refractivity contribution < 1.29 is 14.4 Å². The molecule has 0 N–H and O–H groups in total. The van der Waals surface area contributed by atoms with Gasteiger partial charge in [-0.15, -0.1) is 0 Å². The Labute approximate surface area is 136 Å². The van der Waals surface area contributed by atoms with Crippen LogP contribution in [0.15, 0.2) is 47.6 Å². The van der Waals surface area contributed by atoms with Gasteiger partial charge in [-0.2, -0.15) is 4.73 Å². The van der Waals surface area contributed by atoms with Gasteiger partial charge in [0.2, 0.25) is 5.91 Å². The lowest BCUT2D eigenvalue weighted by atomic mass is 10.1. The van der Waals surface area contributed by atoms with E-state index in [0.29, 0.717) is 23.7 Å². The molecule has 7 nitrogen and oxygen atoms in total. The number of rotatable bonds is 4. The van der Waals surface area contributed by atoms with E-state index in [1.807, 2.05) is 0 Å². The maximum absolute atomic E-state index is 12.4. The van der Waals surface area contributed by atoms with Gasteiger partial charge in [-0.05, 0) is 35.9 Å². The lowest BCUT2D eigenvalue weighted by Crippen LogP contribution is -2.32. The van der Waals surface area contributed by atoms with Crippen molar-refractivity contribution in [3.05, 3.63) is 63.5 Å². The van der Waals surface area contributed by atoms with Crippen LogP contribution in [0.5, 0.6) is 0 Å². The molecule has 2 heterocycles. The summed E-state index contributed by atoms with van der Waals surface area (Å²) < 4.78 is 0.721. The molecule has 1 aliphatic heterocycles. The van der Waals surface area contributed by atoms with Gasteiger partial charge in [0.05, 0.1) is 10.7 Å². The topological polar surface area (TPSA) is 90.4 Å². The highest BCUT2D eigenvalue weighted by molar-refractivity contribution is 7.99. The Morgan fingerprint density at radius 1 is 1.35 bits per heavy atom. The van der Waals surface area contributed by atoms with E-state index in [-0.39, 0.29) is 17.3 Å². The molecule has 118 valence electrons. The van der Waals surface area contributed by atoms with Crippen LogP contribution in [0.1, 0.15) is 5.56 Å². The average molecular weight is 331 g/mol. The lowest BCUT2D eigenvalue weighted by Gasteiger charge is -2.16. The number of hydrogen-bond donors (Lipinski definition) is 0. The van der Waals surface area contributed by atoms with E-state index in [2.05, 4.69) is 0 Å². The van der Waals surface area contributed by atoms with Crippen molar-refractivity contribution in [2.24, 2.45) is 0 Å². The Morgan fingerprint density at radius 2 is 2.17 bits per heavy atom. The molecule has 3 rings (SSSR count). The lowest BCUT2D eigenvalue weighted by molar-refractivity contribution is -0.645. The molecule has 1 aliphatic rings. The van der Waals surface area contributed by atoms with Gasteiger partial charge < -0.3 is 10.1 Å². The summed E-state index contributed by atoms with van der Waals surface area (Å²) in [7, 11) is 0. The Morgan fingerprint density at radius 3 is 2.91 bits per heavy atom. The van der Waals surface area contributed by atoms with Crippen LogP contribution in [0, 0.1) is 15.3 Å². The SMILES string of the molecule is O=C(CSc1cccc[n+]1[O-])N1CCc2cc([N+](=O)[O-])ccc21. The third-order valence-electron chi connectivity index (χ3n) is 3.60. The van der Waals surface area contributed by atoms with Crippen LogP contribution in [-0.4, -0.2) is 23.1 Å². The number of pyridine rings is 1. The standard InChI is InChI=1S/C15H13N3O4S/c19-14(10-23-15-3-1-2-7-17(15)20)16-8-6-11-9-12(18(21)22)4-5-13(11)16/h1-5,7,9H,6,8,10H2. The summed E-state index contributed by atoms with van der Waals surface area (Å²) in [4.78, 5) is 24.3. The van der Waals surface area contributed by atoms with E-state index < -0.39 is 4.92 Å². The molecule has 0 unspecified atom stereocenters. The van der Waals surface area contributed by atoms with Gasteiger partial charge in [-0.3, -0.25) is 14.9 Å². The number of non-ortho nitro benzene ring substituents is 1. The van der Waals surface area contributed by atoms with E-state index in [4.69, 9.17) is 0 Å². The molecule has 0 atom stereocenters. The normalized spacial score (nSPS) is 13.0. The number of benzene rings is 1. The zero-order chi connectivity index (χ0) is 16.4. The zero-order valence-corrected chi connectivity index (χ0v) is 12.9. The van der Waals surface area contributed by atoms with E-state index in [9.17, 15) is 20.1 Å². The fourth-order valence-electron chi connectivity index (χ4n) is 2.50. The second-order valence-electron chi connectivity index (χ2n) is 5.02. The third-order valence-corrected chi connectivity index (χ3v) is 4.61. The minimum absolute atomic E-state index is 0.0316. The molecule has 23 heavy (non-hydrogen) atoms. The van der Waals surface area contributed by atoms with Crippen molar-refractivity contribution >= 4 is 29.0 Å². The van der Waals surface area contributed by atoms with Crippen LogP contribution in [0.4, 0.5) is 11.4 Å². The minimum atomic E-state index is -0.441. The Hall–Kier alpha value is -2.61. The number of carbonyl (C=O) groups excluding carboxylic acids is 1. The highest BCUT2D eigenvalue weighted by Gasteiger charge is 2.26. The van der Waals surface area contributed by atoms with Crippen LogP contribution in [0.25, 0.3) is 0 Å². The fraction of sp³-hybridized carbons (Fsp3) is 0.200. The second kappa shape index (κ2) is 6.25. The number of fused-ring (bicyclic) bond motifs is 1. The third kappa shape index (κ3) is 3.11. The summed E-state index contributed by atoms with van der Waals surface area (Å²) in [6, 6.07) is 9.55. The van der Waals surface area contributed by atoms with E-state index in [0.717, 1.165) is 10.3 Å². The summed E-state index contributed by atoms with van der Waals surface area (Å²) in [6.07, 6.45) is 1.98. The van der Waals surface area contributed by atoms with Crippen LogP contribution in [0.3, 0.4) is 0 Å². The van der Waals surface area contributed by atoms with Crippen molar-refractivity contribution in [3.63, 3.8) is 0 Å². The fourth-order valence-corrected chi connectivity index (χ4v) is 3.29. The summed E-state index contributed by atoms with van der Waals surface area (Å²) in [6.45, 7) is 0.502. The predicted molar refractivity (Wildman–Crippen MR) is 85.3 cm³/mol. The first-order chi connectivity index (χ1) is 11.1. The molecule has 0 saturated carbocycles. The molecule has 0 radical (unpaired) electrons. The molecule has 0 fully saturated rings. The van der Waals surface area contributed by atoms with E-state index >= 15 is 0 Å². The van der Waals surface area contributed by atoms with Crippen molar-refractivity contribution in [3.8, 4) is 0 Å². The van der Waals surface area contributed by atoms with Crippen LogP contribution in [-0.2, 0) is 11.2 Å². The molecule has 0 aliphatic carbocycles. The van der Waals surface area contributed by atoms with Gasteiger partial charge in [-0.25, -0.2) is 0 Å².